The maximum absolute atomic E-state index is 11.9. The highest BCUT2D eigenvalue weighted by Gasteiger charge is 2.16. The molecular formula is C15H18BrN5O2S. The number of halogens is 1. The maximum atomic E-state index is 11.9. The second kappa shape index (κ2) is 8.84. The third-order valence-corrected chi connectivity index (χ3v) is 4.59. The summed E-state index contributed by atoms with van der Waals surface area (Å²) in [7, 11) is 0. The molecule has 1 atom stereocenters. The molecule has 0 aliphatic heterocycles. The number of nitrogens with zero attached hydrogens (tertiary/aromatic N) is 2. The Balaban J connectivity index is 1.88. The van der Waals surface area contributed by atoms with Gasteiger partial charge in [-0.25, -0.2) is 4.98 Å². The normalized spacial score (nSPS) is 11.8. The fourth-order valence-electron chi connectivity index (χ4n) is 1.89. The van der Waals surface area contributed by atoms with Gasteiger partial charge in [0.25, 0.3) is 0 Å². The molecule has 2 rings (SSSR count). The van der Waals surface area contributed by atoms with Crippen LogP contribution in [0.25, 0.3) is 11.4 Å². The van der Waals surface area contributed by atoms with Crippen molar-refractivity contribution >= 4 is 39.5 Å². The zero-order valence-electron chi connectivity index (χ0n) is 13.3. The lowest BCUT2D eigenvalue weighted by atomic mass is 10.2. The molecule has 2 aromatic rings. The molecule has 1 aromatic carbocycles. The first-order valence-electron chi connectivity index (χ1n) is 7.38. The number of hydrogen-bond donors (Lipinski definition) is 3. The number of hydrogen-bond acceptors (Lipinski definition) is 5. The predicted molar refractivity (Wildman–Crippen MR) is 96.5 cm³/mol. The summed E-state index contributed by atoms with van der Waals surface area (Å²) in [5, 5.41) is 12.7. The lowest BCUT2D eigenvalue weighted by Gasteiger charge is -2.12. The highest BCUT2D eigenvalue weighted by atomic mass is 79.9. The topological polar surface area (TPSA) is 99.8 Å². The van der Waals surface area contributed by atoms with Crippen LogP contribution in [0.4, 0.5) is 0 Å². The molecule has 0 aliphatic carbocycles. The number of thioether (sulfide) groups is 1. The average Bonchev–Trinajstić information content (AvgIpc) is 3.02. The predicted octanol–water partition coefficient (Wildman–Crippen LogP) is 1.97. The van der Waals surface area contributed by atoms with E-state index in [1.807, 2.05) is 31.2 Å². The van der Waals surface area contributed by atoms with E-state index in [2.05, 4.69) is 41.7 Å². The van der Waals surface area contributed by atoms with Crippen molar-refractivity contribution in [2.75, 3.05) is 12.3 Å². The van der Waals surface area contributed by atoms with Crippen molar-refractivity contribution in [3.63, 3.8) is 0 Å². The number of H-pyrrole nitrogens is 1. The van der Waals surface area contributed by atoms with Crippen LogP contribution in [0.15, 0.2) is 33.9 Å². The Morgan fingerprint density at radius 1 is 1.38 bits per heavy atom. The standard InChI is InChI=1S/C15H18BrN5O2S/c1-3-17-14(23)9(2)18-12(22)8-24-15-19-13(20-21-15)10-6-4-5-7-11(10)16/h4-7,9H,3,8H2,1-2H3,(H,17,23)(H,18,22)(H,19,20,21)/t9-/m1/s1. The molecule has 9 heteroatoms. The quantitative estimate of drug-likeness (QED) is 0.604. The van der Waals surface area contributed by atoms with E-state index in [1.54, 1.807) is 6.92 Å². The number of aromatic amines is 1. The molecule has 0 spiro atoms. The molecule has 1 heterocycles. The summed E-state index contributed by atoms with van der Waals surface area (Å²) in [6, 6.07) is 7.09. The highest BCUT2D eigenvalue weighted by Crippen LogP contribution is 2.26. The van der Waals surface area contributed by atoms with Gasteiger partial charge >= 0.3 is 0 Å². The van der Waals surface area contributed by atoms with Gasteiger partial charge in [-0.15, -0.1) is 5.10 Å². The van der Waals surface area contributed by atoms with Gasteiger partial charge in [0.05, 0.1) is 5.75 Å². The molecule has 3 N–H and O–H groups in total. The van der Waals surface area contributed by atoms with Gasteiger partial charge in [0.15, 0.2) is 5.82 Å². The van der Waals surface area contributed by atoms with Crippen molar-refractivity contribution in [2.45, 2.75) is 25.0 Å². The first-order chi connectivity index (χ1) is 11.5. The number of amides is 2. The van der Waals surface area contributed by atoms with Crippen LogP contribution in [0.3, 0.4) is 0 Å². The van der Waals surface area contributed by atoms with Crippen LogP contribution in [0, 0.1) is 0 Å². The summed E-state index contributed by atoms with van der Waals surface area (Å²) in [5.41, 5.74) is 0.895. The molecular weight excluding hydrogens is 394 g/mol. The summed E-state index contributed by atoms with van der Waals surface area (Å²) in [5.74, 6) is 0.314. The summed E-state index contributed by atoms with van der Waals surface area (Å²) in [6.07, 6.45) is 0. The third-order valence-electron chi connectivity index (χ3n) is 3.05. The zero-order valence-corrected chi connectivity index (χ0v) is 15.7. The number of likely N-dealkylation sites (N-methyl/N-ethyl adjacent to an activating group) is 1. The van der Waals surface area contributed by atoms with Crippen molar-refractivity contribution in [3.8, 4) is 11.4 Å². The monoisotopic (exact) mass is 411 g/mol. The minimum atomic E-state index is -0.568. The van der Waals surface area contributed by atoms with Crippen molar-refractivity contribution in [1.82, 2.24) is 25.8 Å². The zero-order chi connectivity index (χ0) is 17.5. The van der Waals surface area contributed by atoms with Crippen LogP contribution in [0.5, 0.6) is 0 Å². The molecule has 0 saturated heterocycles. The molecule has 128 valence electrons. The lowest BCUT2D eigenvalue weighted by Crippen LogP contribution is -2.45. The SMILES string of the molecule is CCNC(=O)[C@@H](C)NC(=O)CSc1n[nH]c(-c2ccccc2Br)n1. The molecule has 0 unspecified atom stereocenters. The van der Waals surface area contributed by atoms with Crippen LogP contribution < -0.4 is 10.6 Å². The molecule has 0 bridgehead atoms. The minimum Gasteiger partial charge on any atom is -0.355 e. The van der Waals surface area contributed by atoms with Crippen LogP contribution in [0.1, 0.15) is 13.8 Å². The van der Waals surface area contributed by atoms with E-state index in [-0.39, 0.29) is 17.6 Å². The van der Waals surface area contributed by atoms with Crippen LogP contribution in [0.2, 0.25) is 0 Å². The van der Waals surface area contributed by atoms with Gasteiger partial charge < -0.3 is 10.6 Å². The molecule has 0 saturated carbocycles. The average molecular weight is 412 g/mol. The first-order valence-corrected chi connectivity index (χ1v) is 9.16. The number of rotatable bonds is 7. The molecule has 24 heavy (non-hydrogen) atoms. The lowest BCUT2D eigenvalue weighted by molar-refractivity contribution is -0.127. The van der Waals surface area contributed by atoms with Crippen LogP contribution >= 0.6 is 27.7 Å². The smallest absolute Gasteiger partial charge is 0.242 e. The summed E-state index contributed by atoms with van der Waals surface area (Å²) in [4.78, 5) is 27.8. The first kappa shape index (κ1) is 18.5. The van der Waals surface area contributed by atoms with Crippen molar-refractivity contribution in [1.29, 1.82) is 0 Å². The van der Waals surface area contributed by atoms with E-state index in [1.165, 1.54) is 11.8 Å². The molecule has 2 amide bonds. The largest absolute Gasteiger partial charge is 0.355 e. The van der Waals surface area contributed by atoms with Crippen molar-refractivity contribution < 1.29 is 9.59 Å². The Morgan fingerprint density at radius 3 is 2.83 bits per heavy atom. The Hall–Kier alpha value is -1.87. The fourth-order valence-corrected chi connectivity index (χ4v) is 2.97. The molecule has 0 radical (unpaired) electrons. The van der Waals surface area contributed by atoms with Crippen molar-refractivity contribution in [3.05, 3.63) is 28.7 Å². The van der Waals surface area contributed by atoms with Crippen LogP contribution in [-0.4, -0.2) is 45.3 Å². The Morgan fingerprint density at radius 2 is 2.12 bits per heavy atom. The molecule has 0 aliphatic rings. The number of nitrogens with one attached hydrogen (secondary N) is 3. The summed E-state index contributed by atoms with van der Waals surface area (Å²) < 4.78 is 0.909. The maximum Gasteiger partial charge on any atom is 0.242 e. The number of carbonyl (C=O) groups excluding carboxylic acids is 2. The Bertz CT molecular complexity index is 721. The second-order valence-electron chi connectivity index (χ2n) is 4.92. The highest BCUT2D eigenvalue weighted by molar-refractivity contribution is 9.10. The van der Waals surface area contributed by atoms with E-state index < -0.39 is 6.04 Å². The fraction of sp³-hybridized carbons (Fsp3) is 0.333. The molecule has 0 fully saturated rings. The van der Waals surface area contributed by atoms with Gasteiger partial charge in [-0.1, -0.05) is 45.9 Å². The van der Waals surface area contributed by atoms with Crippen molar-refractivity contribution in [2.24, 2.45) is 0 Å². The Kier molecular flexibility index (Phi) is 6.80. The van der Waals surface area contributed by atoms with Gasteiger partial charge in [-0.3, -0.25) is 14.7 Å². The van der Waals surface area contributed by atoms with Gasteiger partial charge in [0.2, 0.25) is 17.0 Å². The van der Waals surface area contributed by atoms with E-state index in [0.717, 1.165) is 10.0 Å². The van der Waals surface area contributed by atoms with E-state index >= 15 is 0 Å². The number of aromatic nitrogens is 3. The second-order valence-corrected chi connectivity index (χ2v) is 6.72. The summed E-state index contributed by atoms with van der Waals surface area (Å²) >= 11 is 4.67. The third kappa shape index (κ3) is 5.07. The Labute approximate surface area is 152 Å². The molecule has 7 nitrogen and oxygen atoms in total. The molecule has 1 aromatic heterocycles. The van der Waals surface area contributed by atoms with Gasteiger partial charge in [0, 0.05) is 16.6 Å². The van der Waals surface area contributed by atoms with E-state index in [0.29, 0.717) is 17.5 Å². The summed E-state index contributed by atoms with van der Waals surface area (Å²) in [6.45, 7) is 4.00. The van der Waals surface area contributed by atoms with Crippen LogP contribution in [-0.2, 0) is 9.59 Å². The number of carbonyl (C=O) groups is 2. The van der Waals surface area contributed by atoms with E-state index in [9.17, 15) is 9.59 Å². The minimum absolute atomic E-state index is 0.136. The number of benzene rings is 1. The van der Waals surface area contributed by atoms with E-state index in [4.69, 9.17) is 0 Å². The van der Waals surface area contributed by atoms with Gasteiger partial charge in [0.1, 0.15) is 6.04 Å². The van der Waals surface area contributed by atoms with Gasteiger partial charge in [-0.05, 0) is 19.9 Å². The van der Waals surface area contributed by atoms with Gasteiger partial charge in [-0.2, -0.15) is 0 Å².